The molecule has 0 aromatic rings. The van der Waals surface area contributed by atoms with E-state index in [1.807, 2.05) is 0 Å². The fourth-order valence-electron chi connectivity index (χ4n) is 2.92. The second-order valence-corrected chi connectivity index (χ2v) is 6.17. The summed E-state index contributed by atoms with van der Waals surface area (Å²) < 4.78 is 0. The summed E-state index contributed by atoms with van der Waals surface area (Å²) in [6, 6.07) is 2.13. The third kappa shape index (κ3) is 4.97. The molecular weight excluding hydrogens is 208 g/mol. The van der Waals surface area contributed by atoms with Gasteiger partial charge in [-0.05, 0) is 39.7 Å². The molecule has 1 fully saturated rings. The van der Waals surface area contributed by atoms with E-state index >= 15 is 0 Å². The van der Waals surface area contributed by atoms with E-state index in [1.54, 1.807) is 0 Å². The van der Waals surface area contributed by atoms with E-state index in [-0.39, 0.29) is 0 Å². The van der Waals surface area contributed by atoms with Crippen molar-refractivity contribution in [1.29, 1.82) is 0 Å². The van der Waals surface area contributed by atoms with Crippen molar-refractivity contribution in [2.45, 2.75) is 77.9 Å². The lowest BCUT2D eigenvalue weighted by atomic mass is 9.89. The van der Waals surface area contributed by atoms with Gasteiger partial charge in [0.05, 0.1) is 0 Å². The van der Waals surface area contributed by atoms with Crippen LogP contribution in [-0.4, -0.2) is 36.6 Å². The molecule has 4 unspecified atom stereocenters. The molecule has 0 amide bonds. The largest absolute Gasteiger partial charge is 0.311 e. The highest BCUT2D eigenvalue weighted by molar-refractivity contribution is 4.87. The Morgan fingerprint density at radius 2 is 2.00 bits per heavy atom. The number of unbranched alkanes of at least 4 members (excludes halogenated alkanes) is 2. The van der Waals surface area contributed by atoms with E-state index < -0.39 is 0 Å². The quantitative estimate of drug-likeness (QED) is 0.717. The normalized spacial score (nSPS) is 32.6. The van der Waals surface area contributed by atoms with Crippen LogP contribution in [0.3, 0.4) is 0 Å². The zero-order chi connectivity index (χ0) is 12.8. The maximum Gasteiger partial charge on any atom is 0.0122 e. The maximum absolute atomic E-state index is 3.85. The Morgan fingerprint density at radius 3 is 2.65 bits per heavy atom. The van der Waals surface area contributed by atoms with Crippen LogP contribution in [0.2, 0.25) is 0 Å². The van der Waals surface area contributed by atoms with E-state index in [4.69, 9.17) is 0 Å². The standard InChI is InChI=1S/C15H32N2/c1-6-7-8-9-13(3)16-15-10-14(4)17(5)11-12(15)2/h12-16H,6-11H2,1-5H3. The third-order valence-electron chi connectivity index (χ3n) is 4.35. The lowest BCUT2D eigenvalue weighted by molar-refractivity contribution is 0.115. The van der Waals surface area contributed by atoms with Crippen molar-refractivity contribution >= 4 is 0 Å². The number of hydrogen-bond donors (Lipinski definition) is 1. The Balaban J connectivity index is 2.29. The Bertz CT molecular complexity index is 205. The van der Waals surface area contributed by atoms with Crippen LogP contribution >= 0.6 is 0 Å². The molecule has 0 saturated carbocycles. The van der Waals surface area contributed by atoms with Gasteiger partial charge in [-0.2, -0.15) is 0 Å². The third-order valence-corrected chi connectivity index (χ3v) is 4.35. The number of nitrogens with one attached hydrogen (secondary N) is 1. The summed E-state index contributed by atoms with van der Waals surface area (Å²) in [6.45, 7) is 10.6. The minimum absolute atomic E-state index is 0.685. The van der Waals surface area contributed by atoms with Crippen LogP contribution in [-0.2, 0) is 0 Å². The molecule has 0 spiro atoms. The molecule has 1 N–H and O–H groups in total. The van der Waals surface area contributed by atoms with Crippen molar-refractivity contribution < 1.29 is 0 Å². The molecule has 1 aliphatic heterocycles. The van der Waals surface area contributed by atoms with E-state index in [1.165, 1.54) is 38.6 Å². The van der Waals surface area contributed by atoms with Crippen LogP contribution in [0.25, 0.3) is 0 Å². The predicted molar refractivity (Wildman–Crippen MR) is 76.4 cm³/mol. The van der Waals surface area contributed by atoms with Crippen molar-refractivity contribution in [3.8, 4) is 0 Å². The fraction of sp³-hybridized carbons (Fsp3) is 1.00. The zero-order valence-corrected chi connectivity index (χ0v) is 12.5. The lowest BCUT2D eigenvalue weighted by Gasteiger charge is -2.41. The van der Waals surface area contributed by atoms with Crippen LogP contribution < -0.4 is 5.32 Å². The van der Waals surface area contributed by atoms with Gasteiger partial charge in [-0.3, -0.25) is 0 Å². The molecule has 1 heterocycles. The van der Waals surface area contributed by atoms with Crippen molar-refractivity contribution in [3.63, 3.8) is 0 Å². The van der Waals surface area contributed by atoms with Crippen LogP contribution in [0.1, 0.15) is 59.8 Å². The van der Waals surface area contributed by atoms with Crippen LogP contribution in [0.5, 0.6) is 0 Å². The molecule has 0 aromatic carbocycles. The summed E-state index contributed by atoms with van der Waals surface area (Å²) in [5, 5.41) is 3.85. The lowest BCUT2D eigenvalue weighted by Crippen LogP contribution is -2.52. The minimum Gasteiger partial charge on any atom is -0.311 e. The molecule has 0 bridgehead atoms. The molecule has 102 valence electrons. The molecule has 1 aliphatic rings. The maximum atomic E-state index is 3.85. The first-order valence-electron chi connectivity index (χ1n) is 7.50. The van der Waals surface area contributed by atoms with Gasteiger partial charge >= 0.3 is 0 Å². The summed E-state index contributed by atoms with van der Waals surface area (Å²) in [5.74, 6) is 0.782. The monoisotopic (exact) mass is 240 g/mol. The first kappa shape index (κ1) is 15.0. The molecule has 4 atom stereocenters. The minimum atomic E-state index is 0.685. The highest BCUT2D eigenvalue weighted by Crippen LogP contribution is 2.21. The Hall–Kier alpha value is -0.0800. The van der Waals surface area contributed by atoms with Gasteiger partial charge in [-0.25, -0.2) is 0 Å². The van der Waals surface area contributed by atoms with Gasteiger partial charge < -0.3 is 10.2 Å². The van der Waals surface area contributed by atoms with Gasteiger partial charge in [0.1, 0.15) is 0 Å². The molecule has 1 saturated heterocycles. The average Bonchev–Trinajstić information content (AvgIpc) is 2.26. The van der Waals surface area contributed by atoms with Gasteiger partial charge in [0.25, 0.3) is 0 Å². The second-order valence-electron chi connectivity index (χ2n) is 6.17. The Morgan fingerprint density at radius 1 is 1.29 bits per heavy atom. The van der Waals surface area contributed by atoms with Crippen molar-refractivity contribution in [1.82, 2.24) is 10.2 Å². The topological polar surface area (TPSA) is 15.3 Å². The molecule has 0 aliphatic carbocycles. The highest BCUT2D eigenvalue weighted by Gasteiger charge is 2.29. The molecule has 2 heteroatoms. The zero-order valence-electron chi connectivity index (χ0n) is 12.5. The van der Waals surface area contributed by atoms with Crippen molar-refractivity contribution in [3.05, 3.63) is 0 Å². The van der Waals surface area contributed by atoms with Gasteiger partial charge in [0.15, 0.2) is 0 Å². The highest BCUT2D eigenvalue weighted by atomic mass is 15.2. The molecule has 1 rings (SSSR count). The molecular formula is C15H32N2. The smallest absolute Gasteiger partial charge is 0.0122 e. The van der Waals surface area contributed by atoms with Crippen LogP contribution in [0.15, 0.2) is 0 Å². The van der Waals surface area contributed by atoms with Gasteiger partial charge in [0, 0.05) is 24.7 Å². The second kappa shape index (κ2) is 7.38. The molecule has 2 nitrogen and oxygen atoms in total. The number of rotatable bonds is 6. The number of piperidine rings is 1. The van der Waals surface area contributed by atoms with E-state index in [9.17, 15) is 0 Å². The Labute approximate surface area is 108 Å². The van der Waals surface area contributed by atoms with Crippen molar-refractivity contribution in [2.75, 3.05) is 13.6 Å². The molecule has 17 heavy (non-hydrogen) atoms. The van der Waals surface area contributed by atoms with E-state index in [0.29, 0.717) is 6.04 Å². The van der Waals surface area contributed by atoms with Crippen LogP contribution in [0, 0.1) is 5.92 Å². The molecule has 0 radical (unpaired) electrons. The first-order chi connectivity index (χ1) is 8.04. The number of nitrogens with zero attached hydrogens (tertiary/aromatic N) is 1. The summed E-state index contributed by atoms with van der Waals surface area (Å²) in [4.78, 5) is 2.49. The number of likely N-dealkylation sites (tertiary alicyclic amines) is 1. The fourth-order valence-corrected chi connectivity index (χ4v) is 2.92. The Kier molecular flexibility index (Phi) is 6.50. The first-order valence-corrected chi connectivity index (χ1v) is 7.50. The summed E-state index contributed by atoms with van der Waals surface area (Å²) in [7, 11) is 2.25. The van der Waals surface area contributed by atoms with Crippen molar-refractivity contribution in [2.24, 2.45) is 5.92 Å². The average molecular weight is 240 g/mol. The summed E-state index contributed by atoms with van der Waals surface area (Å²) in [6.07, 6.45) is 6.72. The van der Waals surface area contributed by atoms with Gasteiger partial charge in [0.2, 0.25) is 0 Å². The van der Waals surface area contributed by atoms with Crippen LogP contribution in [0.4, 0.5) is 0 Å². The number of hydrogen-bond acceptors (Lipinski definition) is 2. The van der Waals surface area contributed by atoms with Gasteiger partial charge in [-0.1, -0.05) is 33.1 Å². The SMILES string of the molecule is CCCCCC(C)NC1CC(C)N(C)CC1C. The summed E-state index contributed by atoms with van der Waals surface area (Å²) >= 11 is 0. The van der Waals surface area contributed by atoms with Gasteiger partial charge in [-0.15, -0.1) is 0 Å². The summed E-state index contributed by atoms with van der Waals surface area (Å²) in [5.41, 5.74) is 0. The van der Waals surface area contributed by atoms with E-state index in [0.717, 1.165) is 18.0 Å². The molecule has 0 aromatic heterocycles. The predicted octanol–water partition coefficient (Wildman–Crippen LogP) is 3.27. The van der Waals surface area contributed by atoms with E-state index in [2.05, 4.69) is 45.0 Å².